The standard InChI is InChI=1S/C20H24N2O4S/c1-14(2)16-4-8-18(9-5-16)22-20(24)12-13-21-27(25,26)19-10-6-17(7-11-19)15(3)23/h4-11,14,21H,12-13H2,1-3H3,(H,22,24). The number of rotatable bonds is 8. The number of sulfonamides is 1. The fourth-order valence-corrected chi connectivity index (χ4v) is 3.46. The minimum atomic E-state index is -3.73. The van der Waals surface area contributed by atoms with Gasteiger partial charge in [0.05, 0.1) is 4.90 Å². The molecule has 0 aliphatic rings. The average molecular weight is 388 g/mol. The summed E-state index contributed by atoms with van der Waals surface area (Å²) in [5.74, 6) is 0.000556. The van der Waals surface area contributed by atoms with E-state index < -0.39 is 10.0 Å². The third-order valence-corrected chi connectivity index (χ3v) is 5.55. The SMILES string of the molecule is CC(=O)c1ccc(S(=O)(=O)NCCC(=O)Nc2ccc(C(C)C)cc2)cc1. The molecule has 2 aromatic carbocycles. The first kappa shape index (κ1) is 20.8. The van der Waals surface area contributed by atoms with E-state index in [1.54, 1.807) is 0 Å². The summed E-state index contributed by atoms with van der Waals surface area (Å²) < 4.78 is 26.8. The lowest BCUT2D eigenvalue weighted by atomic mass is 10.0. The maximum absolute atomic E-state index is 12.2. The predicted molar refractivity (Wildman–Crippen MR) is 105 cm³/mol. The van der Waals surface area contributed by atoms with Gasteiger partial charge in [0.15, 0.2) is 5.78 Å². The number of carbonyl (C=O) groups is 2. The maximum Gasteiger partial charge on any atom is 0.240 e. The summed E-state index contributed by atoms with van der Waals surface area (Å²) in [6.45, 7) is 5.57. The van der Waals surface area contributed by atoms with E-state index in [1.807, 2.05) is 24.3 Å². The smallest absolute Gasteiger partial charge is 0.240 e. The molecule has 0 atom stereocenters. The summed E-state index contributed by atoms with van der Waals surface area (Å²) in [7, 11) is -3.73. The molecule has 0 fully saturated rings. The molecule has 1 amide bonds. The number of carbonyl (C=O) groups excluding carboxylic acids is 2. The normalized spacial score (nSPS) is 11.4. The van der Waals surface area contributed by atoms with Crippen LogP contribution in [-0.4, -0.2) is 26.7 Å². The molecule has 0 bridgehead atoms. The molecule has 0 aliphatic carbocycles. The Labute approximate surface area is 160 Å². The molecule has 7 heteroatoms. The number of Topliss-reactive ketones (excluding diaryl/α,β-unsaturated/α-hetero) is 1. The lowest BCUT2D eigenvalue weighted by Crippen LogP contribution is -2.27. The van der Waals surface area contributed by atoms with Crippen molar-refractivity contribution < 1.29 is 18.0 Å². The highest BCUT2D eigenvalue weighted by molar-refractivity contribution is 7.89. The first-order chi connectivity index (χ1) is 12.7. The van der Waals surface area contributed by atoms with Crippen molar-refractivity contribution in [3.05, 3.63) is 59.7 Å². The number of benzene rings is 2. The van der Waals surface area contributed by atoms with Crippen LogP contribution in [0.4, 0.5) is 5.69 Å². The molecular formula is C20H24N2O4S. The van der Waals surface area contributed by atoms with Crippen molar-refractivity contribution in [3.63, 3.8) is 0 Å². The minimum Gasteiger partial charge on any atom is -0.326 e. The van der Waals surface area contributed by atoms with E-state index >= 15 is 0 Å². The predicted octanol–water partition coefficient (Wildman–Crippen LogP) is 3.32. The fourth-order valence-electron chi connectivity index (χ4n) is 2.43. The van der Waals surface area contributed by atoms with E-state index in [0.717, 1.165) is 0 Å². The molecule has 6 nitrogen and oxygen atoms in total. The van der Waals surface area contributed by atoms with Crippen molar-refractivity contribution in [2.24, 2.45) is 0 Å². The summed E-state index contributed by atoms with van der Waals surface area (Å²) in [5, 5.41) is 2.74. The number of nitrogens with one attached hydrogen (secondary N) is 2. The minimum absolute atomic E-state index is 0.0106. The third kappa shape index (κ3) is 6.01. The van der Waals surface area contributed by atoms with E-state index in [1.165, 1.54) is 36.8 Å². The largest absolute Gasteiger partial charge is 0.326 e. The molecule has 0 aromatic heterocycles. The van der Waals surface area contributed by atoms with Crippen molar-refractivity contribution in [2.45, 2.75) is 38.0 Å². The number of anilines is 1. The molecule has 144 valence electrons. The summed E-state index contributed by atoms with van der Waals surface area (Å²) in [6.07, 6.45) is 0.0106. The molecule has 0 saturated carbocycles. The number of ketones is 1. The van der Waals surface area contributed by atoms with Gasteiger partial charge in [-0.25, -0.2) is 13.1 Å². The van der Waals surface area contributed by atoms with Gasteiger partial charge in [0.1, 0.15) is 0 Å². The summed E-state index contributed by atoms with van der Waals surface area (Å²) in [5.41, 5.74) is 2.29. The second-order valence-corrected chi connectivity index (χ2v) is 8.32. The van der Waals surface area contributed by atoms with Crippen molar-refractivity contribution in [3.8, 4) is 0 Å². The van der Waals surface area contributed by atoms with Gasteiger partial charge >= 0.3 is 0 Å². The summed E-state index contributed by atoms with van der Waals surface area (Å²) in [6, 6.07) is 13.2. The molecule has 0 spiro atoms. The first-order valence-corrected chi connectivity index (χ1v) is 10.2. The van der Waals surface area contributed by atoms with Crippen LogP contribution in [0.15, 0.2) is 53.4 Å². The van der Waals surface area contributed by atoms with Crippen molar-refractivity contribution >= 4 is 27.4 Å². The van der Waals surface area contributed by atoms with Gasteiger partial charge in [0.2, 0.25) is 15.9 Å². The van der Waals surface area contributed by atoms with Crippen LogP contribution >= 0.6 is 0 Å². The van der Waals surface area contributed by atoms with Gasteiger partial charge in [0, 0.05) is 24.2 Å². The molecule has 2 rings (SSSR count). The van der Waals surface area contributed by atoms with Crippen LogP contribution in [0.2, 0.25) is 0 Å². The second-order valence-electron chi connectivity index (χ2n) is 6.55. The van der Waals surface area contributed by atoms with E-state index in [9.17, 15) is 18.0 Å². The Morgan fingerprint density at radius 2 is 1.56 bits per heavy atom. The lowest BCUT2D eigenvalue weighted by Gasteiger charge is -2.09. The van der Waals surface area contributed by atoms with Crippen LogP contribution in [0.5, 0.6) is 0 Å². The zero-order valence-corrected chi connectivity index (χ0v) is 16.5. The van der Waals surface area contributed by atoms with E-state index in [2.05, 4.69) is 23.9 Å². The van der Waals surface area contributed by atoms with Crippen LogP contribution in [0, 0.1) is 0 Å². The van der Waals surface area contributed by atoms with Gasteiger partial charge in [-0.3, -0.25) is 9.59 Å². The molecule has 27 heavy (non-hydrogen) atoms. The molecule has 0 radical (unpaired) electrons. The molecule has 0 unspecified atom stereocenters. The Morgan fingerprint density at radius 1 is 0.963 bits per heavy atom. The van der Waals surface area contributed by atoms with Gasteiger partial charge in [-0.2, -0.15) is 0 Å². The summed E-state index contributed by atoms with van der Waals surface area (Å²) in [4.78, 5) is 23.3. The quantitative estimate of drug-likeness (QED) is 0.679. The van der Waals surface area contributed by atoms with E-state index in [4.69, 9.17) is 0 Å². The first-order valence-electron chi connectivity index (χ1n) is 8.69. The Kier molecular flexibility index (Phi) is 6.87. The topological polar surface area (TPSA) is 92.3 Å². The van der Waals surface area contributed by atoms with E-state index in [0.29, 0.717) is 17.2 Å². The van der Waals surface area contributed by atoms with Crippen LogP contribution in [0.25, 0.3) is 0 Å². The van der Waals surface area contributed by atoms with E-state index in [-0.39, 0.29) is 29.6 Å². The van der Waals surface area contributed by atoms with Gasteiger partial charge < -0.3 is 5.32 Å². The van der Waals surface area contributed by atoms with Crippen LogP contribution in [-0.2, 0) is 14.8 Å². The lowest BCUT2D eigenvalue weighted by molar-refractivity contribution is -0.116. The number of amides is 1. The summed E-state index contributed by atoms with van der Waals surface area (Å²) >= 11 is 0. The zero-order valence-electron chi connectivity index (χ0n) is 15.7. The van der Waals surface area contributed by atoms with Crippen LogP contribution in [0.3, 0.4) is 0 Å². The molecule has 2 N–H and O–H groups in total. The Morgan fingerprint density at radius 3 is 2.07 bits per heavy atom. The maximum atomic E-state index is 12.2. The van der Waals surface area contributed by atoms with Crippen LogP contribution < -0.4 is 10.0 Å². The number of hydrogen-bond donors (Lipinski definition) is 2. The van der Waals surface area contributed by atoms with Crippen molar-refractivity contribution in [1.82, 2.24) is 4.72 Å². The van der Waals surface area contributed by atoms with Gasteiger partial charge in [0.25, 0.3) is 0 Å². The molecule has 0 saturated heterocycles. The van der Waals surface area contributed by atoms with Gasteiger partial charge in [-0.15, -0.1) is 0 Å². The Bertz CT molecular complexity index is 902. The highest BCUT2D eigenvalue weighted by Gasteiger charge is 2.14. The molecule has 0 heterocycles. The molecule has 0 aliphatic heterocycles. The average Bonchev–Trinajstić information content (AvgIpc) is 2.62. The Hall–Kier alpha value is -2.51. The molecule has 2 aromatic rings. The highest BCUT2D eigenvalue weighted by atomic mass is 32.2. The Balaban J connectivity index is 1.86. The van der Waals surface area contributed by atoms with Gasteiger partial charge in [-0.05, 0) is 42.7 Å². The third-order valence-electron chi connectivity index (χ3n) is 4.08. The van der Waals surface area contributed by atoms with Crippen LogP contribution in [0.1, 0.15) is 49.0 Å². The highest BCUT2D eigenvalue weighted by Crippen LogP contribution is 2.17. The zero-order chi connectivity index (χ0) is 20.0. The number of hydrogen-bond acceptors (Lipinski definition) is 4. The second kappa shape index (κ2) is 8.92. The monoisotopic (exact) mass is 388 g/mol. The van der Waals surface area contributed by atoms with Gasteiger partial charge in [-0.1, -0.05) is 38.1 Å². The van der Waals surface area contributed by atoms with Crippen molar-refractivity contribution in [1.29, 1.82) is 0 Å². The van der Waals surface area contributed by atoms with Crippen molar-refractivity contribution in [2.75, 3.05) is 11.9 Å². The fraction of sp³-hybridized carbons (Fsp3) is 0.300. The molecular weight excluding hydrogens is 364 g/mol.